The number of rotatable bonds is 37. The van der Waals surface area contributed by atoms with Gasteiger partial charge in [-0.15, -0.1) is 0 Å². The van der Waals surface area contributed by atoms with Crippen molar-refractivity contribution in [2.24, 2.45) is 0 Å². The lowest BCUT2D eigenvalue weighted by Crippen LogP contribution is -2.43. The average Bonchev–Trinajstić information content (AvgIpc) is 0.818. The van der Waals surface area contributed by atoms with E-state index in [9.17, 15) is 84.2 Å². The smallest absolute Gasteiger partial charge is 0.416 e. The monoisotopic (exact) mass is 1940 g/mol. The summed E-state index contributed by atoms with van der Waals surface area (Å²) in [5.74, 6) is -5.09. The maximum absolute atomic E-state index is 13.5. The Hall–Kier alpha value is -15.3. The first-order valence-electron chi connectivity index (χ1n) is 45.4. The Balaban J connectivity index is 0.000000233. The summed E-state index contributed by atoms with van der Waals surface area (Å²) in [7, 11) is 0. The number of esters is 7. The van der Waals surface area contributed by atoms with Crippen LogP contribution >= 0.6 is 0 Å². The summed E-state index contributed by atoms with van der Waals surface area (Å²) in [5, 5.41) is 17.5. The summed E-state index contributed by atoms with van der Waals surface area (Å²) in [6.07, 6.45) is -7.61. The number of ether oxygens (including phenoxy) is 9. The SMILES string of the molecule is CCCOc1ccccc1C(=O)OCCN(CCOC(=O)c1ccccc1)C(=O)c1ccccc1OCCC.Cc1cc(C)c(C(=O)NC(COC(=O)c2c(C)cc(C)cc2C)COC(=O)c2c(C)cc(C)cc2C)c(C)c1.Cc1ccc(C(=O)OCC(COC(=O)c2ccc(C(F)(F)F)cc2)NC(=O)c2ccc(C(F)(F)F)cc2)cc1.Cc1ccccc1C(=O)NC(CO)COC(=O)c1ccccc1C. The molecule has 0 aliphatic carbocycles. The number of nitrogens with one attached hydrogen (secondary N) is 3. The van der Waals surface area contributed by atoms with Crippen molar-refractivity contribution in [1.29, 1.82) is 0 Å². The maximum atomic E-state index is 13.5. The molecule has 0 radical (unpaired) electrons. The number of carbonyl (C=O) groups excluding carboxylic acids is 11. The Bertz CT molecular complexity index is 6000. The van der Waals surface area contributed by atoms with Crippen molar-refractivity contribution in [1.82, 2.24) is 20.9 Å². The van der Waals surface area contributed by atoms with E-state index >= 15 is 0 Å². The Morgan fingerprint density at radius 2 is 0.617 bits per heavy atom. The zero-order valence-electron chi connectivity index (χ0n) is 81.0. The number of carbonyl (C=O) groups is 11. The van der Waals surface area contributed by atoms with Crippen molar-refractivity contribution in [3.63, 3.8) is 0 Å². The van der Waals surface area contributed by atoms with Crippen LogP contribution in [0.15, 0.2) is 237 Å². The Morgan fingerprint density at radius 3 is 1.04 bits per heavy atom. The topological polar surface area (TPSA) is 330 Å². The van der Waals surface area contributed by atoms with Gasteiger partial charge in [0.25, 0.3) is 23.6 Å². The highest BCUT2D eigenvalue weighted by atomic mass is 19.4. The zero-order valence-corrected chi connectivity index (χ0v) is 81.0. The lowest BCUT2D eigenvalue weighted by Gasteiger charge is -2.24. The van der Waals surface area contributed by atoms with Gasteiger partial charge in [0.2, 0.25) is 0 Å². The van der Waals surface area contributed by atoms with Crippen LogP contribution in [0.2, 0.25) is 0 Å². The van der Waals surface area contributed by atoms with Crippen LogP contribution in [0, 0.1) is 83.1 Å². The summed E-state index contributed by atoms with van der Waals surface area (Å²) in [4.78, 5) is 141. The van der Waals surface area contributed by atoms with E-state index in [0.29, 0.717) is 93.5 Å². The zero-order chi connectivity index (χ0) is 103. The minimum atomic E-state index is -4.60. The summed E-state index contributed by atoms with van der Waals surface area (Å²) in [5.41, 5.74) is 12.3. The van der Waals surface area contributed by atoms with E-state index < -0.39 is 103 Å². The van der Waals surface area contributed by atoms with Gasteiger partial charge in [-0.25, -0.2) is 33.6 Å². The molecule has 11 rings (SSSR count). The number of para-hydroxylation sites is 2. The van der Waals surface area contributed by atoms with Crippen molar-refractivity contribution >= 4 is 65.4 Å². The quantitative estimate of drug-likeness (QED) is 0.0160. The van der Waals surface area contributed by atoms with E-state index in [4.69, 9.17) is 42.6 Å². The van der Waals surface area contributed by atoms with Gasteiger partial charge in [-0.3, -0.25) is 19.2 Å². The number of aryl methyl sites for hydroxylation is 12. The average molecular weight is 1940 g/mol. The van der Waals surface area contributed by atoms with Crippen molar-refractivity contribution < 1.29 is 127 Å². The van der Waals surface area contributed by atoms with Gasteiger partial charge in [0.1, 0.15) is 63.3 Å². The highest BCUT2D eigenvalue weighted by molar-refractivity contribution is 6.00. The van der Waals surface area contributed by atoms with Gasteiger partial charge >= 0.3 is 54.1 Å². The molecule has 141 heavy (non-hydrogen) atoms. The number of halogens is 6. The summed E-state index contributed by atoms with van der Waals surface area (Å²) in [6, 6.07) is 58.7. The summed E-state index contributed by atoms with van der Waals surface area (Å²) in [6.45, 7) is 25.9. The van der Waals surface area contributed by atoms with Crippen LogP contribution in [0.1, 0.15) is 219 Å². The molecule has 744 valence electrons. The minimum absolute atomic E-state index is 0.0287. The molecule has 0 aromatic heterocycles. The molecule has 0 fully saturated rings. The van der Waals surface area contributed by atoms with E-state index in [1.807, 2.05) is 164 Å². The van der Waals surface area contributed by atoms with Gasteiger partial charge < -0.3 is 68.6 Å². The highest BCUT2D eigenvalue weighted by Gasteiger charge is 2.34. The van der Waals surface area contributed by atoms with E-state index in [2.05, 4.69) is 16.0 Å². The molecule has 0 aliphatic rings. The van der Waals surface area contributed by atoms with Gasteiger partial charge in [0.05, 0.1) is 101 Å². The molecular formula is C110H116F6N4O21. The van der Waals surface area contributed by atoms with Crippen molar-refractivity contribution in [2.45, 2.75) is 140 Å². The van der Waals surface area contributed by atoms with E-state index in [1.165, 1.54) is 17.0 Å². The number of alkyl halides is 6. The van der Waals surface area contributed by atoms with Gasteiger partial charge in [-0.05, 0) is 250 Å². The van der Waals surface area contributed by atoms with Gasteiger partial charge in [0.15, 0.2) is 0 Å². The van der Waals surface area contributed by atoms with E-state index in [1.54, 1.807) is 109 Å². The van der Waals surface area contributed by atoms with Crippen molar-refractivity contribution in [3.05, 3.63) is 376 Å². The van der Waals surface area contributed by atoms with Gasteiger partial charge in [-0.2, -0.15) is 26.3 Å². The molecule has 4 N–H and O–H groups in total. The predicted octanol–water partition coefficient (Wildman–Crippen LogP) is 19.8. The molecule has 2 unspecified atom stereocenters. The molecule has 0 saturated heterocycles. The number of benzene rings is 11. The van der Waals surface area contributed by atoms with Gasteiger partial charge in [0, 0.05) is 16.7 Å². The fourth-order valence-electron chi connectivity index (χ4n) is 14.6. The Kier molecular flexibility index (Phi) is 42.7. The number of aliphatic hydroxyl groups is 1. The van der Waals surface area contributed by atoms with Crippen LogP contribution in [0.4, 0.5) is 26.3 Å². The maximum Gasteiger partial charge on any atom is 0.416 e. The second-order valence-electron chi connectivity index (χ2n) is 33.3. The highest BCUT2D eigenvalue weighted by Crippen LogP contribution is 2.32. The third-order valence-electron chi connectivity index (χ3n) is 21.6. The van der Waals surface area contributed by atoms with Crippen LogP contribution < -0.4 is 25.4 Å². The standard InChI is InChI=1S/C33H39NO5.C31H35NO7.C27H21F6NO5.C19H21NO4/c1-18-10-21(4)28(22(5)11-18)31(35)34-27(16-38-32(36)29-23(6)12-19(2)13-24(29)7)17-39-33(37)30-25(8)14-20(3)15-26(30)9;1-3-20-36-27-16-10-8-14-25(27)29(33)32(18-22-38-30(34)24-12-6-5-7-13-24)19-23-39-31(35)26-15-9-11-17-28(26)37-21-4-2;1-16-2-4-18(5-3-16)24(36)38-14-22(34-23(35)17-6-10-20(11-7-17)26(28,29)30)15-39-25(37)19-8-12-21(13-9-19)27(31,32)33;1-13-7-3-5-9-16(13)18(22)20-15(11-21)12-24-19(23)17-10-6-4-8-14(17)2/h10-15,27H,16-17H2,1-9H3,(H,34,35);5-17H,3-4,18-23H2,1-2H3;2-13,22H,14-15H2,1H3,(H,34,35);3-10,15,21H,11-12H2,1-2H3,(H,20,22). The fraction of sp³-hybridized carbons (Fsp3) is 0.300. The first-order chi connectivity index (χ1) is 67.1. The molecule has 11 aromatic carbocycles. The van der Waals surface area contributed by atoms with Crippen molar-refractivity contribution in [2.75, 3.05) is 79.2 Å². The molecule has 2 atom stereocenters. The first-order valence-corrected chi connectivity index (χ1v) is 45.4. The van der Waals surface area contributed by atoms with E-state index in [-0.39, 0.29) is 87.1 Å². The molecule has 0 saturated carbocycles. The molecule has 11 aromatic rings. The number of hydrogen-bond donors (Lipinski definition) is 4. The molecule has 31 heteroatoms. The Morgan fingerprint density at radius 1 is 0.298 bits per heavy atom. The van der Waals surface area contributed by atoms with Crippen molar-refractivity contribution in [3.8, 4) is 11.5 Å². The van der Waals surface area contributed by atoms with E-state index in [0.717, 1.165) is 104 Å². The molecule has 0 aliphatic heterocycles. The third-order valence-corrected chi connectivity index (χ3v) is 21.6. The number of hydrogen-bond acceptors (Lipinski definition) is 21. The fourth-order valence-corrected chi connectivity index (χ4v) is 14.6. The summed E-state index contributed by atoms with van der Waals surface area (Å²) >= 11 is 0. The molecule has 0 spiro atoms. The van der Waals surface area contributed by atoms with Crippen LogP contribution in [0.3, 0.4) is 0 Å². The second-order valence-corrected chi connectivity index (χ2v) is 33.3. The van der Waals surface area contributed by atoms with Crippen LogP contribution in [-0.4, -0.2) is 173 Å². The normalized spacial score (nSPS) is 11.3. The summed E-state index contributed by atoms with van der Waals surface area (Å²) < 4.78 is 126. The van der Waals surface area contributed by atoms with Gasteiger partial charge in [-0.1, -0.05) is 163 Å². The minimum Gasteiger partial charge on any atom is -0.493 e. The lowest BCUT2D eigenvalue weighted by atomic mass is 9.99. The van der Waals surface area contributed by atoms with Crippen LogP contribution in [0.25, 0.3) is 0 Å². The number of nitrogens with zero attached hydrogens (tertiary/aromatic N) is 1. The van der Waals surface area contributed by atoms with Crippen LogP contribution in [-0.2, 0) is 45.5 Å². The number of amides is 4. The molecule has 0 heterocycles. The van der Waals surface area contributed by atoms with Crippen LogP contribution in [0.5, 0.6) is 11.5 Å². The predicted molar refractivity (Wildman–Crippen MR) is 518 cm³/mol. The molecule has 4 amide bonds. The lowest BCUT2D eigenvalue weighted by molar-refractivity contribution is -0.138. The first kappa shape index (κ1) is 111. The third kappa shape index (κ3) is 34.4. The largest absolute Gasteiger partial charge is 0.493 e. The second kappa shape index (κ2) is 54.2. The number of aliphatic hydroxyl groups excluding tert-OH is 1. The molecule has 0 bridgehead atoms. The molecule has 25 nitrogen and oxygen atoms in total. The Labute approximate surface area is 815 Å². The molecular weight excluding hydrogens is 1830 g/mol.